The second-order valence-electron chi connectivity index (χ2n) is 5.27. The third-order valence-corrected chi connectivity index (χ3v) is 6.77. The van der Waals surface area contributed by atoms with Crippen molar-refractivity contribution in [1.82, 2.24) is 9.62 Å². The molecule has 1 aromatic rings. The van der Waals surface area contributed by atoms with Crippen molar-refractivity contribution in [3.8, 4) is 0 Å². The highest BCUT2D eigenvalue weighted by Crippen LogP contribution is 2.27. The molecule has 1 fully saturated rings. The van der Waals surface area contributed by atoms with E-state index in [-0.39, 0.29) is 6.10 Å². The summed E-state index contributed by atoms with van der Waals surface area (Å²) in [4.78, 5) is 1.04. The average Bonchev–Trinajstić information content (AvgIpc) is 3.05. The molecular weight excluding hydrogens is 296 g/mol. The van der Waals surface area contributed by atoms with Gasteiger partial charge in [0, 0.05) is 37.7 Å². The molecule has 0 aliphatic carbocycles. The SMILES string of the molecule is COC1CCN(S(=O)(=O)c2ccc(CNC(C)C)s2)C1. The number of hydrogen-bond donors (Lipinski definition) is 1. The summed E-state index contributed by atoms with van der Waals surface area (Å²) in [5, 5.41) is 3.29. The lowest BCUT2D eigenvalue weighted by atomic mass is 10.3. The van der Waals surface area contributed by atoms with Gasteiger partial charge in [-0.15, -0.1) is 11.3 Å². The number of methoxy groups -OCH3 is 1. The van der Waals surface area contributed by atoms with Gasteiger partial charge < -0.3 is 10.1 Å². The highest BCUT2D eigenvalue weighted by molar-refractivity contribution is 7.91. The smallest absolute Gasteiger partial charge is 0.252 e. The van der Waals surface area contributed by atoms with E-state index in [1.165, 1.54) is 15.6 Å². The van der Waals surface area contributed by atoms with E-state index in [4.69, 9.17) is 4.74 Å². The lowest BCUT2D eigenvalue weighted by Crippen LogP contribution is -2.29. The summed E-state index contributed by atoms with van der Waals surface area (Å²) in [5.74, 6) is 0. The molecule has 1 aromatic heterocycles. The zero-order chi connectivity index (χ0) is 14.8. The fraction of sp³-hybridized carbons (Fsp3) is 0.692. The van der Waals surface area contributed by atoms with Gasteiger partial charge in [-0.25, -0.2) is 8.42 Å². The Labute approximate surface area is 125 Å². The average molecular weight is 318 g/mol. The highest BCUT2D eigenvalue weighted by Gasteiger charge is 2.33. The molecule has 1 N–H and O–H groups in total. The lowest BCUT2D eigenvalue weighted by molar-refractivity contribution is 0.115. The molecule has 1 aliphatic heterocycles. The number of sulfonamides is 1. The van der Waals surface area contributed by atoms with Crippen LogP contribution < -0.4 is 5.32 Å². The third kappa shape index (κ3) is 3.59. The number of nitrogens with zero attached hydrogens (tertiary/aromatic N) is 1. The molecule has 0 saturated carbocycles. The summed E-state index contributed by atoms with van der Waals surface area (Å²) in [6.07, 6.45) is 0.787. The number of rotatable bonds is 6. The normalized spacial score (nSPS) is 20.9. The molecule has 2 heterocycles. The van der Waals surface area contributed by atoms with Crippen LogP contribution >= 0.6 is 11.3 Å². The minimum absolute atomic E-state index is 0.0202. The van der Waals surface area contributed by atoms with E-state index in [0.29, 0.717) is 29.9 Å². The first-order chi connectivity index (χ1) is 9.43. The predicted molar refractivity (Wildman–Crippen MR) is 80.5 cm³/mol. The first-order valence-electron chi connectivity index (χ1n) is 6.78. The zero-order valence-electron chi connectivity index (χ0n) is 12.1. The van der Waals surface area contributed by atoms with Gasteiger partial charge >= 0.3 is 0 Å². The molecule has 0 radical (unpaired) electrons. The van der Waals surface area contributed by atoms with E-state index >= 15 is 0 Å². The number of hydrogen-bond acceptors (Lipinski definition) is 5. The first-order valence-corrected chi connectivity index (χ1v) is 9.04. The molecular formula is C13H22N2O3S2. The van der Waals surface area contributed by atoms with Crippen LogP contribution in [-0.2, 0) is 21.3 Å². The first kappa shape index (κ1) is 15.9. The van der Waals surface area contributed by atoms with E-state index < -0.39 is 10.0 Å². The van der Waals surface area contributed by atoms with E-state index in [9.17, 15) is 8.42 Å². The number of ether oxygens (including phenoxy) is 1. The molecule has 7 heteroatoms. The largest absolute Gasteiger partial charge is 0.380 e. The Morgan fingerprint density at radius 3 is 2.85 bits per heavy atom. The summed E-state index contributed by atoms with van der Waals surface area (Å²) in [6, 6.07) is 3.98. The maximum Gasteiger partial charge on any atom is 0.252 e. The van der Waals surface area contributed by atoms with Crippen LogP contribution in [0.25, 0.3) is 0 Å². The molecule has 0 bridgehead atoms. The van der Waals surface area contributed by atoms with Crippen molar-refractivity contribution in [2.75, 3.05) is 20.2 Å². The molecule has 1 unspecified atom stereocenters. The molecule has 0 amide bonds. The topological polar surface area (TPSA) is 58.6 Å². The summed E-state index contributed by atoms with van der Waals surface area (Å²) in [6.45, 7) is 5.84. The van der Waals surface area contributed by atoms with Gasteiger partial charge in [-0.1, -0.05) is 13.8 Å². The monoisotopic (exact) mass is 318 g/mol. The molecule has 0 spiro atoms. The number of thiophene rings is 1. The maximum absolute atomic E-state index is 12.5. The molecule has 0 aromatic carbocycles. The van der Waals surface area contributed by atoms with Crippen molar-refractivity contribution in [1.29, 1.82) is 0 Å². The second-order valence-corrected chi connectivity index (χ2v) is 8.60. The molecule has 2 rings (SSSR count). The van der Waals surface area contributed by atoms with Gasteiger partial charge in [0.2, 0.25) is 0 Å². The Morgan fingerprint density at radius 2 is 2.25 bits per heavy atom. The quantitative estimate of drug-likeness (QED) is 0.866. The van der Waals surface area contributed by atoms with Gasteiger partial charge in [0.05, 0.1) is 6.10 Å². The molecule has 1 saturated heterocycles. The Morgan fingerprint density at radius 1 is 1.50 bits per heavy atom. The fourth-order valence-electron chi connectivity index (χ4n) is 2.13. The van der Waals surface area contributed by atoms with Crippen LogP contribution in [0.15, 0.2) is 16.3 Å². The van der Waals surface area contributed by atoms with Crippen molar-refractivity contribution in [2.45, 2.75) is 43.2 Å². The van der Waals surface area contributed by atoms with Crippen LogP contribution in [-0.4, -0.2) is 45.1 Å². The van der Waals surface area contributed by atoms with Gasteiger partial charge in [-0.2, -0.15) is 4.31 Å². The molecule has 1 aliphatic rings. The van der Waals surface area contributed by atoms with Crippen LogP contribution in [0.2, 0.25) is 0 Å². The van der Waals surface area contributed by atoms with Crippen LogP contribution in [0.1, 0.15) is 25.1 Å². The highest BCUT2D eigenvalue weighted by atomic mass is 32.2. The molecule has 114 valence electrons. The van der Waals surface area contributed by atoms with Gasteiger partial charge in [-0.3, -0.25) is 0 Å². The zero-order valence-corrected chi connectivity index (χ0v) is 13.8. The van der Waals surface area contributed by atoms with Crippen LogP contribution in [0.4, 0.5) is 0 Å². The summed E-state index contributed by atoms with van der Waals surface area (Å²) in [7, 11) is -1.73. The van der Waals surface area contributed by atoms with Gasteiger partial charge in [0.1, 0.15) is 4.21 Å². The second kappa shape index (κ2) is 6.53. The number of nitrogens with one attached hydrogen (secondary N) is 1. The van der Waals surface area contributed by atoms with Gasteiger partial charge in [-0.05, 0) is 18.6 Å². The van der Waals surface area contributed by atoms with Crippen molar-refractivity contribution in [3.63, 3.8) is 0 Å². The molecule has 5 nitrogen and oxygen atoms in total. The Hall–Kier alpha value is -0.470. The van der Waals surface area contributed by atoms with Crippen molar-refractivity contribution in [2.24, 2.45) is 0 Å². The van der Waals surface area contributed by atoms with Gasteiger partial charge in [0.15, 0.2) is 0 Å². The van der Waals surface area contributed by atoms with Crippen LogP contribution in [0.3, 0.4) is 0 Å². The van der Waals surface area contributed by atoms with E-state index in [0.717, 1.165) is 11.3 Å². The summed E-state index contributed by atoms with van der Waals surface area (Å²) >= 11 is 1.34. The van der Waals surface area contributed by atoms with E-state index in [2.05, 4.69) is 19.2 Å². The minimum atomic E-state index is -3.36. The van der Waals surface area contributed by atoms with E-state index in [1.54, 1.807) is 13.2 Å². The Kier molecular flexibility index (Phi) is 5.19. The van der Waals surface area contributed by atoms with Crippen molar-refractivity contribution >= 4 is 21.4 Å². The van der Waals surface area contributed by atoms with E-state index in [1.807, 2.05) is 6.07 Å². The predicted octanol–water partition coefficient (Wildman–Crippen LogP) is 1.66. The standard InChI is InChI=1S/C13H22N2O3S2/c1-10(2)14-8-12-4-5-13(19-12)20(16,17)15-7-6-11(9-15)18-3/h4-5,10-11,14H,6-9H2,1-3H3. The molecule has 1 atom stereocenters. The van der Waals surface area contributed by atoms with Gasteiger partial charge in [0.25, 0.3) is 10.0 Å². The summed E-state index contributed by atoms with van der Waals surface area (Å²) in [5.41, 5.74) is 0. The molecule has 20 heavy (non-hydrogen) atoms. The van der Waals surface area contributed by atoms with Crippen LogP contribution in [0, 0.1) is 0 Å². The maximum atomic E-state index is 12.5. The lowest BCUT2D eigenvalue weighted by Gasteiger charge is -2.14. The summed E-state index contributed by atoms with van der Waals surface area (Å²) < 4.78 is 32.2. The minimum Gasteiger partial charge on any atom is -0.380 e. The van der Waals surface area contributed by atoms with Crippen molar-refractivity contribution < 1.29 is 13.2 Å². The fourth-order valence-corrected chi connectivity index (χ4v) is 5.08. The Bertz CT molecular complexity index is 540. The van der Waals surface area contributed by atoms with Crippen LogP contribution in [0.5, 0.6) is 0 Å². The third-order valence-electron chi connectivity index (χ3n) is 3.36. The Balaban J connectivity index is 2.06. The van der Waals surface area contributed by atoms with Crippen molar-refractivity contribution in [3.05, 3.63) is 17.0 Å².